The van der Waals surface area contributed by atoms with Gasteiger partial charge in [-0.2, -0.15) is 22.0 Å². The average Bonchev–Trinajstić information content (AvgIpc) is 2.88. The molecule has 0 aromatic heterocycles. The summed E-state index contributed by atoms with van der Waals surface area (Å²) in [7, 11) is -3.30. The zero-order valence-electron chi connectivity index (χ0n) is 21.0. The Morgan fingerprint density at radius 1 is 1.00 bits per heavy atom. The van der Waals surface area contributed by atoms with Crippen molar-refractivity contribution in [1.82, 2.24) is 4.90 Å². The number of sulfonamides is 1. The third-order valence-electron chi connectivity index (χ3n) is 6.14. The number of hydrogen-bond acceptors (Lipinski definition) is 5. The van der Waals surface area contributed by atoms with Gasteiger partial charge in [0.25, 0.3) is 15.9 Å². The van der Waals surface area contributed by atoms with Gasteiger partial charge in [0, 0.05) is 19.7 Å². The van der Waals surface area contributed by atoms with Gasteiger partial charge in [-0.1, -0.05) is 12.1 Å². The number of amides is 1. The Morgan fingerprint density at radius 3 is 2.38 bits per heavy atom. The van der Waals surface area contributed by atoms with Crippen molar-refractivity contribution in [1.29, 1.82) is 0 Å². The van der Waals surface area contributed by atoms with Crippen LogP contribution in [-0.4, -0.2) is 52.3 Å². The molecule has 0 spiro atoms. The van der Waals surface area contributed by atoms with Crippen LogP contribution in [0, 0.1) is 5.82 Å². The Balaban J connectivity index is 1.87. The van der Waals surface area contributed by atoms with Crippen molar-refractivity contribution in [3.63, 3.8) is 0 Å². The molecule has 3 aromatic carbocycles. The maximum Gasteiger partial charge on any atom is 0.416 e. The molecule has 40 heavy (non-hydrogen) atoms. The molecule has 214 valence electrons. The lowest BCUT2D eigenvalue weighted by Crippen LogP contribution is -2.51. The topological polar surface area (TPSA) is 76.2 Å². The van der Waals surface area contributed by atoms with Crippen molar-refractivity contribution in [3.8, 4) is 16.9 Å². The minimum atomic E-state index is -4.82. The lowest BCUT2D eigenvalue weighted by molar-refractivity contribution is -0.137. The molecule has 14 heteroatoms. The molecule has 0 saturated heterocycles. The van der Waals surface area contributed by atoms with Crippen LogP contribution < -0.4 is 9.04 Å². The summed E-state index contributed by atoms with van der Waals surface area (Å²) in [6.45, 7) is -2.20. The van der Waals surface area contributed by atoms with E-state index in [9.17, 15) is 39.6 Å². The number of alkyl halides is 5. The minimum absolute atomic E-state index is 0.0257. The molecule has 0 fully saturated rings. The van der Waals surface area contributed by atoms with Crippen molar-refractivity contribution in [2.75, 3.05) is 24.6 Å². The highest BCUT2D eigenvalue weighted by Crippen LogP contribution is 2.38. The van der Waals surface area contributed by atoms with Gasteiger partial charge in [-0.05, 0) is 60.5 Å². The van der Waals surface area contributed by atoms with Crippen molar-refractivity contribution in [2.45, 2.75) is 30.7 Å². The largest absolute Gasteiger partial charge is 0.435 e. The predicted octanol–water partition coefficient (Wildman–Crippen LogP) is 5.76. The molecule has 0 unspecified atom stereocenters. The highest BCUT2D eigenvalue weighted by atomic mass is 32.2. The molecule has 1 aliphatic heterocycles. The third kappa shape index (κ3) is 6.02. The average molecular weight is 589 g/mol. The van der Waals surface area contributed by atoms with Gasteiger partial charge in [0.05, 0.1) is 27.8 Å². The zero-order chi connectivity index (χ0) is 29.4. The Bertz CT molecular complexity index is 1530. The van der Waals surface area contributed by atoms with Gasteiger partial charge in [0.1, 0.15) is 18.2 Å². The number of carbonyl (C=O) groups excluding carboxylic acids is 1. The van der Waals surface area contributed by atoms with Crippen LogP contribution in [0.25, 0.3) is 11.1 Å². The molecule has 1 heterocycles. The van der Waals surface area contributed by atoms with Crippen molar-refractivity contribution >= 4 is 21.6 Å². The van der Waals surface area contributed by atoms with Gasteiger partial charge in [-0.3, -0.25) is 4.79 Å². The van der Waals surface area contributed by atoms with Crippen LogP contribution in [0.1, 0.15) is 22.8 Å². The fourth-order valence-corrected chi connectivity index (χ4v) is 5.64. The molecule has 3 aromatic rings. The van der Waals surface area contributed by atoms with E-state index in [2.05, 4.69) is 4.74 Å². The Morgan fingerprint density at radius 2 is 1.73 bits per heavy atom. The SMILES string of the molecule is CO[C@@H](C)CN1CN(S(=O)(=O)c2cccc(C(F)(F)F)c2)c2cc(-c3cc(F)cc(OC(F)F)c3)ccc2C1=O. The summed E-state index contributed by atoms with van der Waals surface area (Å²) in [4.78, 5) is 13.8. The normalized spacial score (nSPS) is 14.9. The molecule has 1 atom stereocenters. The first-order valence-electron chi connectivity index (χ1n) is 11.6. The molecular formula is C26H22F6N2O5S. The molecular weight excluding hydrogens is 566 g/mol. The molecule has 7 nitrogen and oxygen atoms in total. The standard InChI is InChI=1S/C26H22F6N2O5S/c1-15(38-2)13-33-14-34(40(36,37)21-5-3-4-18(11-21)26(30,31)32)23-10-16(6-7-22(23)24(33)35)17-8-19(27)12-20(9-17)39-25(28)29/h3-12,15,25H,13-14H2,1-2H3/t15-/m0/s1. The van der Waals surface area contributed by atoms with Crippen molar-refractivity contribution in [3.05, 3.63) is 77.6 Å². The summed E-state index contributed by atoms with van der Waals surface area (Å²) in [6.07, 6.45) is -5.33. The van der Waals surface area contributed by atoms with E-state index in [0.717, 1.165) is 45.6 Å². The Hall–Kier alpha value is -3.78. The van der Waals surface area contributed by atoms with Crippen LogP contribution in [-0.2, 0) is 20.9 Å². The van der Waals surface area contributed by atoms with Gasteiger partial charge < -0.3 is 14.4 Å². The number of ether oxygens (including phenoxy) is 2. The second kappa shape index (κ2) is 11.0. The van der Waals surface area contributed by atoms with Gasteiger partial charge in [-0.15, -0.1) is 0 Å². The van der Waals surface area contributed by atoms with E-state index < -0.39 is 63.5 Å². The Labute approximate surface area is 225 Å². The molecule has 4 rings (SSSR count). The maximum absolute atomic E-state index is 14.2. The monoisotopic (exact) mass is 588 g/mol. The van der Waals surface area contributed by atoms with E-state index in [4.69, 9.17) is 4.74 Å². The molecule has 0 aliphatic carbocycles. The first kappa shape index (κ1) is 29.2. The van der Waals surface area contributed by atoms with Crippen LogP contribution in [0.3, 0.4) is 0 Å². The molecule has 0 saturated carbocycles. The fourth-order valence-electron chi connectivity index (χ4n) is 4.16. The molecule has 0 bridgehead atoms. The lowest BCUT2D eigenvalue weighted by Gasteiger charge is -2.38. The van der Waals surface area contributed by atoms with Gasteiger partial charge in [0.15, 0.2) is 0 Å². The first-order valence-corrected chi connectivity index (χ1v) is 13.1. The third-order valence-corrected chi connectivity index (χ3v) is 7.88. The quantitative estimate of drug-likeness (QED) is 0.313. The number of hydrogen-bond donors (Lipinski definition) is 0. The summed E-state index contributed by atoms with van der Waals surface area (Å²) in [5, 5.41) is 0. The van der Waals surface area contributed by atoms with Gasteiger partial charge >= 0.3 is 12.8 Å². The number of halogens is 6. The van der Waals surface area contributed by atoms with Gasteiger partial charge in [0.2, 0.25) is 0 Å². The van der Waals surface area contributed by atoms with Crippen molar-refractivity contribution < 1.29 is 49.0 Å². The molecule has 1 aliphatic rings. The number of rotatable bonds is 8. The van der Waals surface area contributed by atoms with Crippen LogP contribution in [0.4, 0.5) is 32.0 Å². The summed E-state index contributed by atoms with van der Waals surface area (Å²) in [6, 6.07) is 9.81. The fraction of sp³-hybridized carbons (Fsp3) is 0.269. The van der Waals surface area contributed by atoms with E-state index in [1.807, 2.05) is 0 Å². The van der Waals surface area contributed by atoms with Crippen LogP contribution in [0.5, 0.6) is 5.75 Å². The smallest absolute Gasteiger partial charge is 0.416 e. The predicted molar refractivity (Wildman–Crippen MR) is 132 cm³/mol. The molecule has 0 radical (unpaired) electrons. The van der Waals surface area contributed by atoms with Crippen LogP contribution in [0.2, 0.25) is 0 Å². The van der Waals surface area contributed by atoms with E-state index in [0.29, 0.717) is 6.07 Å². The first-order chi connectivity index (χ1) is 18.7. The summed E-state index contributed by atoms with van der Waals surface area (Å²) < 4.78 is 117. The number of fused-ring (bicyclic) bond motifs is 1. The summed E-state index contributed by atoms with van der Waals surface area (Å²) >= 11 is 0. The molecule has 0 N–H and O–H groups in total. The van der Waals surface area contributed by atoms with Crippen molar-refractivity contribution in [2.24, 2.45) is 0 Å². The minimum Gasteiger partial charge on any atom is -0.435 e. The number of carbonyl (C=O) groups is 1. The second-order valence-corrected chi connectivity index (χ2v) is 10.7. The summed E-state index contributed by atoms with van der Waals surface area (Å²) in [5.74, 6) is -2.00. The number of methoxy groups -OCH3 is 1. The zero-order valence-corrected chi connectivity index (χ0v) is 21.8. The van der Waals surface area contributed by atoms with E-state index in [1.165, 1.54) is 25.3 Å². The second-order valence-electron chi connectivity index (χ2n) is 8.88. The highest BCUT2D eigenvalue weighted by molar-refractivity contribution is 7.92. The van der Waals surface area contributed by atoms with E-state index in [1.54, 1.807) is 6.92 Å². The van der Waals surface area contributed by atoms with Crippen LogP contribution in [0.15, 0.2) is 65.6 Å². The number of benzene rings is 3. The lowest BCUT2D eigenvalue weighted by atomic mass is 10.00. The van der Waals surface area contributed by atoms with Gasteiger partial charge in [-0.25, -0.2) is 17.1 Å². The Kier molecular flexibility index (Phi) is 8.04. The number of anilines is 1. The summed E-state index contributed by atoms with van der Waals surface area (Å²) in [5.41, 5.74) is -1.33. The highest BCUT2D eigenvalue weighted by Gasteiger charge is 2.38. The number of nitrogens with zero attached hydrogens (tertiary/aromatic N) is 2. The molecule has 1 amide bonds. The maximum atomic E-state index is 14.2. The van der Waals surface area contributed by atoms with E-state index in [-0.39, 0.29) is 28.9 Å². The van der Waals surface area contributed by atoms with E-state index >= 15 is 0 Å². The van der Waals surface area contributed by atoms with Crippen LogP contribution >= 0.6 is 0 Å².